The van der Waals surface area contributed by atoms with Crippen LogP contribution in [-0.2, 0) is 11.2 Å². The molecule has 1 amide bonds. The van der Waals surface area contributed by atoms with Crippen molar-refractivity contribution in [2.75, 3.05) is 13.1 Å². The van der Waals surface area contributed by atoms with Gasteiger partial charge in [-0.2, -0.15) is 0 Å². The first-order valence-electron chi connectivity index (χ1n) is 10.4. The van der Waals surface area contributed by atoms with Gasteiger partial charge in [0.2, 0.25) is 5.91 Å². The Morgan fingerprint density at radius 2 is 2.19 bits per heavy atom. The maximum Gasteiger partial charge on any atom is 0.526 e. The highest BCUT2D eigenvalue weighted by Crippen LogP contribution is 2.55. The normalized spacial score (nSPS) is 23.0. The van der Waals surface area contributed by atoms with Crippen LogP contribution in [0.2, 0.25) is 5.82 Å². The summed E-state index contributed by atoms with van der Waals surface area (Å²) in [5.74, 6) is -0.883. The van der Waals surface area contributed by atoms with Crippen LogP contribution < -0.4 is 15.1 Å². The van der Waals surface area contributed by atoms with Gasteiger partial charge in [-0.15, -0.1) is 0 Å². The van der Waals surface area contributed by atoms with Gasteiger partial charge in [0.1, 0.15) is 23.2 Å². The van der Waals surface area contributed by atoms with E-state index < -0.39 is 19.1 Å². The summed E-state index contributed by atoms with van der Waals surface area (Å²) >= 11 is 0. The van der Waals surface area contributed by atoms with Crippen LogP contribution in [0.1, 0.15) is 40.4 Å². The van der Waals surface area contributed by atoms with Crippen molar-refractivity contribution in [3.63, 3.8) is 0 Å². The Hall–Kier alpha value is -3.05. The highest BCUT2D eigenvalue weighted by atomic mass is 16.5. The molecule has 1 aromatic heterocycles. The topological polar surface area (TPSA) is 151 Å². The van der Waals surface area contributed by atoms with Crippen LogP contribution in [0.5, 0.6) is 11.5 Å². The first-order valence-corrected chi connectivity index (χ1v) is 10.4. The zero-order valence-electron chi connectivity index (χ0n) is 16.7. The van der Waals surface area contributed by atoms with E-state index in [9.17, 15) is 19.7 Å². The van der Waals surface area contributed by atoms with E-state index in [1.807, 2.05) is 6.07 Å². The molecule has 3 atom stereocenters. The van der Waals surface area contributed by atoms with Crippen LogP contribution in [0.3, 0.4) is 0 Å². The average Bonchev–Trinajstić information content (AvgIpc) is 3.16. The van der Waals surface area contributed by atoms with Crippen molar-refractivity contribution in [3.8, 4) is 11.5 Å². The number of hydrogen-bond donors (Lipinski definition) is 4. The second kappa shape index (κ2) is 7.58. The molecule has 5 rings (SSSR count). The standard InChI is InChI=1S/C20H23BN4O6/c22-15(5-10-6-23-9-24-10)19(26)25-7-11(8-25)30-16-4-2-13-12-1-3-14(12)21(29)31-18(13)17(16)20(27)28/h2,4,6,9,11-12,14-15,29H,1,3,5,7-8,22H2,(H,23,24)(H,27,28)/t12-,14-,15+/m1/s1. The third-order valence-corrected chi connectivity index (χ3v) is 6.46. The van der Waals surface area contributed by atoms with Gasteiger partial charge in [0, 0.05) is 24.1 Å². The van der Waals surface area contributed by atoms with E-state index in [0.717, 1.165) is 24.1 Å². The predicted molar refractivity (Wildman–Crippen MR) is 109 cm³/mol. The lowest BCUT2D eigenvalue weighted by molar-refractivity contribution is -0.141. The number of imidazole rings is 1. The molecule has 0 bridgehead atoms. The Balaban J connectivity index is 1.26. The van der Waals surface area contributed by atoms with Gasteiger partial charge in [0.15, 0.2) is 0 Å². The molecular formula is C20H23BN4O6. The molecule has 0 radical (unpaired) electrons. The van der Waals surface area contributed by atoms with Crippen molar-refractivity contribution in [3.05, 3.63) is 41.5 Å². The SMILES string of the molecule is N[C@@H](Cc1cnc[nH]1)C(=O)N1CC(Oc2ccc3c(c2C(=O)O)OB(O)[C@@H]2CC[C@H]32)C1. The molecule has 1 aliphatic carbocycles. The average molecular weight is 426 g/mol. The van der Waals surface area contributed by atoms with Gasteiger partial charge in [-0.25, -0.2) is 9.78 Å². The smallest absolute Gasteiger partial charge is 0.526 e. The molecule has 3 heterocycles. The fraction of sp³-hybridized carbons (Fsp3) is 0.450. The highest BCUT2D eigenvalue weighted by molar-refractivity contribution is 6.47. The number of carboxylic acid groups (broad SMARTS) is 1. The number of ether oxygens (including phenoxy) is 1. The van der Waals surface area contributed by atoms with Crippen molar-refractivity contribution < 1.29 is 29.1 Å². The van der Waals surface area contributed by atoms with Crippen molar-refractivity contribution >= 4 is 19.0 Å². The largest absolute Gasteiger partial charge is 0.535 e. The van der Waals surface area contributed by atoms with E-state index >= 15 is 0 Å². The number of amides is 1. The molecule has 31 heavy (non-hydrogen) atoms. The number of carbonyl (C=O) groups excluding carboxylic acids is 1. The maximum atomic E-state index is 12.5. The maximum absolute atomic E-state index is 12.5. The summed E-state index contributed by atoms with van der Waals surface area (Å²) in [6.45, 7) is 0.639. The number of carboxylic acids is 1. The number of carbonyl (C=O) groups is 2. The number of hydrogen-bond acceptors (Lipinski definition) is 7. The molecule has 0 unspecified atom stereocenters. The fourth-order valence-corrected chi connectivity index (χ4v) is 4.59. The third-order valence-electron chi connectivity index (χ3n) is 6.46. The summed E-state index contributed by atoms with van der Waals surface area (Å²) < 4.78 is 11.5. The predicted octanol–water partition coefficient (Wildman–Crippen LogP) is 0.388. The van der Waals surface area contributed by atoms with Crippen molar-refractivity contribution in [2.45, 2.75) is 43.1 Å². The number of nitrogens with two attached hydrogens (primary N) is 1. The van der Waals surface area contributed by atoms with Crippen molar-refractivity contribution in [1.82, 2.24) is 14.9 Å². The number of aromatic carboxylic acids is 1. The number of likely N-dealkylation sites (tertiary alicyclic amines) is 1. The Morgan fingerprint density at radius 1 is 1.39 bits per heavy atom. The molecule has 2 aliphatic heterocycles. The fourth-order valence-electron chi connectivity index (χ4n) is 4.59. The molecule has 0 spiro atoms. The number of benzene rings is 1. The first kappa shape index (κ1) is 19.9. The van der Waals surface area contributed by atoms with E-state index in [1.54, 1.807) is 17.2 Å². The molecular weight excluding hydrogens is 403 g/mol. The quantitative estimate of drug-likeness (QED) is 0.485. The van der Waals surface area contributed by atoms with E-state index in [-0.39, 0.29) is 40.8 Å². The molecule has 10 nitrogen and oxygen atoms in total. The minimum absolute atomic E-state index is 0.0121. The van der Waals surface area contributed by atoms with Crippen LogP contribution in [-0.4, -0.2) is 69.2 Å². The molecule has 162 valence electrons. The van der Waals surface area contributed by atoms with Gasteiger partial charge in [-0.05, 0) is 30.4 Å². The van der Waals surface area contributed by atoms with Crippen molar-refractivity contribution in [2.24, 2.45) is 5.73 Å². The number of fused-ring (bicyclic) bond motifs is 3. The van der Waals surface area contributed by atoms with Gasteiger partial charge in [-0.3, -0.25) is 4.79 Å². The number of rotatable bonds is 6. The Morgan fingerprint density at radius 3 is 2.84 bits per heavy atom. The monoisotopic (exact) mass is 426 g/mol. The summed E-state index contributed by atoms with van der Waals surface area (Å²) in [4.78, 5) is 32.9. The zero-order chi connectivity index (χ0) is 21.7. The molecule has 1 saturated heterocycles. The van der Waals surface area contributed by atoms with Gasteiger partial charge in [0.25, 0.3) is 0 Å². The second-order valence-corrected chi connectivity index (χ2v) is 8.39. The lowest BCUT2D eigenvalue weighted by Crippen LogP contribution is -2.60. The first-order chi connectivity index (χ1) is 14.9. The minimum atomic E-state index is -1.18. The van der Waals surface area contributed by atoms with E-state index in [1.165, 1.54) is 6.33 Å². The number of nitrogens with zero attached hydrogens (tertiary/aromatic N) is 2. The molecule has 1 aromatic carbocycles. The van der Waals surface area contributed by atoms with Crippen LogP contribution >= 0.6 is 0 Å². The number of aromatic nitrogens is 2. The lowest BCUT2D eigenvalue weighted by atomic mass is 9.51. The highest BCUT2D eigenvalue weighted by Gasteiger charge is 2.49. The molecule has 2 aromatic rings. The second-order valence-electron chi connectivity index (χ2n) is 8.39. The Kier molecular flexibility index (Phi) is 4.86. The van der Waals surface area contributed by atoms with Gasteiger partial charge >= 0.3 is 13.1 Å². The van der Waals surface area contributed by atoms with Crippen LogP contribution in [0.4, 0.5) is 0 Å². The Labute approximate surface area is 178 Å². The Bertz CT molecular complexity index is 1010. The number of H-pyrrole nitrogens is 1. The summed E-state index contributed by atoms with van der Waals surface area (Å²) in [5.41, 5.74) is 7.51. The lowest BCUT2D eigenvalue weighted by Gasteiger charge is -2.43. The summed E-state index contributed by atoms with van der Waals surface area (Å²) in [5, 5.41) is 20.0. The molecule has 5 N–H and O–H groups in total. The van der Waals surface area contributed by atoms with E-state index in [2.05, 4.69) is 9.97 Å². The minimum Gasteiger partial charge on any atom is -0.535 e. The third kappa shape index (κ3) is 3.43. The van der Waals surface area contributed by atoms with Crippen LogP contribution in [0.15, 0.2) is 24.7 Å². The number of nitrogens with one attached hydrogen (secondary N) is 1. The summed E-state index contributed by atoms with van der Waals surface area (Å²) in [7, 11) is -1.01. The van der Waals surface area contributed by atoms with Gasteiger partial charge in [-0.1, -0.05) is 6.07 Å². The molecule has 2 fully saturated rings. The van der Waals surface area contributed by atoms with E-state index in [0.29, 0.717) is 19.5 Å². The van der Waals surface area contributed by atoms with Gasteiger partial charge in [0.05, 0.1) is 25.5 Å². The molecule has 3 aliphatic rings. The summed E-state index contributed by atoms with van der Waals surface area (Å²) in [6.07, 6.45) is 4.94. The zero-order valence-corrected chi connectivity index (χ0v) is 16.7. The van der Waals surface area contributed by atoms with Crippen LogP contribution in [0, 0.1) is 0 Å². The molecule has 11 heteroatoms. The number of aromatic amines is 1. The summed E-state index contributed by atoms with van der Waals surface area (Å²) in [6, 6.07) is 2.78. The molecule has 1 saturated carbocycles. The van der Waals surface area contributed by atoms with Crippen LogP contribution in [0.25, 0.3) is 0 Å². The van der Waals surface area contributed by atoms with Crippen molar-refractivity contribution in [1.29, 1.82) is 0 Å². The van der Waals surface area contributed by atoms with E-state index in [4.69, 9.17) is 15.1 Å². The van der Waals surface area contributed by atoms with Gasteiger partial charge < -0.3 is 35.1 Å².